The molecule has 0 aliphatic carbocycles. The van der Waals surface area contributed by atoms with Gasteiger partial charge < -0.3 is 9.97 Å². The maximum atomic E-state index is 4.75. The summed E-state index contributed by atoms with van der Waals surface area (Å²) in [5, 5.41) is 4.68. The number of nitrogens with one attached hydrogen (secondary N) is 2. The third kappa shape index (κ3) is 1.77. The molecule has 4 aromatic heterocycles. The van der Waals surface area contributed by atoms with Crippen LogP contribution in [0.2, 0.25) is 0 Å². The van der Waals surface area contributed by atoms with E-state index in [2.05, 4.69) is 39.2 Å². The monoisotopic (exact) mass is 344 g/mol. The molecule has 0 unspecified atom stereocenters. The van der Waals surface area contributed by atoms with Gasteiger partial charge in [-0.2, -0.15) is 0 Å². The van der Waals surface area contributed by atoms with Gasteiger partial charge in [0.1, 0.15) is 0 Å². The molecule has 4 nitrogen and oxygen atoms in total. The van der Waals surface area contributed by atoms with E-state index in [4.69, 9.17) is 4.98 Å². The largest absolute Gasteiger partial charge is 0.353 e. The highest BCUT2D eigenvalue weighted by Gasteiger charge is 2.15. The summed E-state index contributed by atoms with van der Waals surface area (Å²) < 4.78 is 0. The second kappa shape index (κ2) is 4.94. The molecule has 5 heteroatoms. The number of aromatic amines is 2. The summed E-state index contributed by atoms with van der Waals surface area (Å²) in [6.45, 7) is 0. The third-order valence-electron chi connectivity index (χ3n) is 4.82. The van der Waals surface area contributed by atoms with Gasteiger partial charge in [0.2, 0.25) is 0 Å². The normalized spacial score (nSPS) is 11.7. The van der Waals surface area contributed by atoms with Crippen molar-refractivity contribution in [2.45, 2.75) is 0 Å². The van der Waals surface area contributed by atoms with E-state index in [1.54, 1.807) is 0 Å². The zero-order valence-electron chi connectivity index (χ0n) is 13.1. The summed E-state index contributed by atoms with van der Waals surface area (Å²) in [4.78, 5) is 16.3. The number of para-hydroxylation sites is 2. The molecule has 0 radical (unpaired) electrons. The number of aromatic nitrogens is 4. The van der Waals surface area contributed by atoms with Crippen molar-refractivity contribution in [2.75, 3.05) is 0 Å². The number of pyridine rings is 2. The number of halogens is 1. The molecule has 0 aliphatic heterocycles. The van der Waals surface area contributed by atoms with Gasteiger partial charge in [-0.3, -0.25) is 9.97 Å². The van der Waals surface area contributed by atoms with Crippen LogP contribution in [0.25, 0.3) is 54.6 Å². The Morgan fingerprint density at radius 1 is 0.640 bits per heavy atom. The number of rotatable bonds is 0. The Morgan fingerprint density at radius 2 is 1.36 bits per heavy atom. The number of nitrogens with zero attached hydrogens (tertiary/aromatic N) is 2. The van der Waals surface area contributed by atoms with E-state index in [0.717, 1.165) is 43.9 Å². The van der Waals surface area contributed by atoms with Crippen LogP contribution >= 0.6 is 12.4 Å². The lowest BCUT2D eigenvalue weighted by molar-refractivity contribution is 1.41. The summed E-state index contributed by atoms with van der Waals surface area (Å²) >= 11 is 0. The Morgan fingerprint density at radius 3 is 2.28 bits per heavy atom. The van der Waals surface area contributed by atoms with Crippen molar-refractivity contribution >= 4 is 67.1 Å². The Balaban J connectivity index is 0.00000140. The van der Waals surface area contributed by atoms with Crippen LogP contribution in [0.4, 0.5) is 0 Å². The highest BCUT2D eigenvalue weighted by Crippen LogP contribution is 2.36. The van der Waals surface area contributed by atoms with Crippen molar-refractivity contribution in [2.24, 2.45) is 0 Å². The maximum Gasteiger partial charge on any atom is 0.0973 e. The van der Waals surface area contributed by atoms with Crippen molar-refractivity contribution in [1.82, 2.24) is 19.9 Å². The van der Waals surface area contributed by atoms with E-state index >= 15 is 0 Å². The van der Waals surface area contributed by atoms with Gasteiger partial charge in [-0.1, -0.05) is 36.4 Å². The molecule has 2 aromatic carbocycles. The smallest absolute Gasteiger partial charge is 0.0973 e. The van der Waals surface area contributed by atoms with Crippen LogP contribution in [0.5, 0.6) is 0 Å². The summed E-state index contributed by atoms with van der Waals surface area (Å²) in [5.74, 6) is 0. The summed E-state index contributed by atoms with van der Waals surface area (Å²) in [7, 11) is 0. The molecule has 4 heterocycles. The fourth-order valence-electron chi connectivity index (χ4n) is 3.78. The van der Waals surface area contributed by atoms with Gasteiger partial charge in [-0.25, -0.2) is 0 Å². The number of hydrogen-bond acceptors (Lipinski definition) is 2. The van der Waals surface area contributed by atoms with E-state index in [0.29, 0.717) is 0 Å². The molecule has 120 valence electrons. The molecule has 25 heavy (non-hydrogen) atoms. The fraction of sp³-hybridized carbons (Fsp3) is 0. The quantitative estimate of drug-likeness (QED) is 0.392. The minimum Gasteiger partial charge on any atom is -0.353 e. The Labute approximate surface area is 148 Å². The Bertz CT molecular complexity index is 1410. The lowest BCUT2D eigenvalue weighted by atomic mass is 10.1. The van der Waals surface area contributed by atoms with E-state index in [-0.39, 0.29) is 12.4 Å². The van der Waals surface area contributed by atoms with Crippen molar-refractivity contribution in [3.63, 3.8) is 0 Å². The molecule has 0 atom stereocenters. The van der Waals surface area contributed by atoms with Gasteiger partial charge in [-0.15, -0.1) is 12.4 Å². The van der Waals surface area contributed by atoms with Crippen molar-refractivity contribution in [3.8, 4) is 0 Å². The summed E-state index contributed by atoms with van der Waals surface area (Å²) in [5.41, 5.74) is 6.26. The molecule has 0 amide bonds. The summed E-state index contributed by atoms with van der Waals surface area (Å²) in [6.07, 6.45) is 3.83. The molecule has 0 fully saturated rings. The first-order valence-corrected chi connectivity index (χ1v) is 7.95. The van der Waals surface area contributed by atoms with Crippen LogP contribution in [0.15, 0.2) is 60.9 Å². The zero-order valence-corrected chi connectivity index (χ0v) is 13.9. The topological polar surface area (TPSA) is 57.4 Å². The fourth-order valence-corrected chi connectivity index (χ4v) is 3.78. The van der Waals surface area contributed by atoms with Crippen molar-refractivity contribution in [1.29, 1.82) is 0 Å². The van der Waals surface area contributed by atoms with E-state index in [1.165, 1.54) is 10.8 Å². The second-order valence-corrected chi connectivity index (χ2v) is 6.13. The summed E-state index contributed by atoms with van der Waals surface area (Å²) in [6, 6.07) is 16.6. The number of hydrogen-bond donors (Lipinski definition) is 2. The minimum absolute atomic E-state index is 0. The number of benzene rings is 2. The lowest BCUT2D eigenvalue weighted by Gasteiger charge is -1.98. The first-order valence-electron chi connectivity index (χ1n) is 7.95. The Kier molecular flexibility index (Phi) is 2.82. The molecule has 0 bridgehead atoms. The molecule has 0 saturated carbocycles. The maximum absolute atomic E-state index is 4.75. The van der Waals surface area contributed by atoms with E-state index < -0.39 is 0 Å². The van der Waals surface area contributed by atoms with Gasteiger partial charge >= 0.3 is 0 Å². The van der Waals surface area contributed by atoms with Crippen LogP contribution < -0.4 is 0 Å². The highest BCUT2D eigenvalue weighted by molar-refractivity contribution is 6.26. The van der Waals surface area contributed by atoms with Gasteiger partial charge in [-0.05, 0) is 12.1 Å². The first-order chi connectivity index (χ1) is 11.9. The van der Waals surface area contributed by atoms with Crippen LogP contribution in [0, 0.1) is 0 Å². The van der Waals surface area contributed by atoms with Gasteiger partial charge in [0, 0.05) is 27.1 Å². The van der Waals surface area contributed by atoms with Gasteiger partial charge in [0.05, 0.1) is 40.0 Å². The molecule has 6 rings (SSSR count). The van der Waals surface area contributed by atoms with Crippen LogP contribution in [0.1, 0.15) is 0 Å². The number of H-pyrrole nitrogens is 2. The molecule has 0 saturated heterocycles. The molecule has 0 spiro atoms. The zero-order chi connectivity index (χ0) is 15.7. The average Bonchev–Trinajstić information content (AvgIpc) is 3.19. The highest BCUT2D eigenvalue weighted by atomic mass is 35.5. The van der Waals surface area contributed by atoms with Crippen molar-refractivity contribution in [3.05, 3.63) is 60.9 Å². The van der Waals surface area contributed by atoms with Crippen LogP contribution in [0.3, 0.4) is 0 Å². The SMILES string of the molecule is Cl.c1ccc2c(c1)ncc1[nH]c3c(ncc4[nH]c5ccccc5c43)c12. The molecule has 2 N–H and O–H groups in total. The van der Waals surface area contributed by atoms with E-state index in [1.807, 2.05) is 36.7 Å². The van der Waals surface area contributed by atoms with Crippen molar-refractivity contribution < 1.29 is 0 Å². The standard InChI is InChI=1S/C20H12N4.ClH/c1-3-7-13-11(5-1)17-16(9-21-13)24-20-18-12-6-2-4-8-14(12)23-15(18)10-22-19(17)20;/h1-10,23-24H;1H. The van der Waals surface area contributed by atoms with Crippen LogP contribution in [-0.2, 0) is 0 Å². The lowest BCUT2D eigenvalue weighted by Crippen LogP contribution is -1.80. The average molecular weight is 345 g/mol. The first kappa shape index (κ1) is 14.3. The second-order valence-electron chi connectivity index (χ2n) is 6.13. The Hall–Kier alpha value is -3.11. The molecule has 6 aromatic rings. The molecule has 0 aliphatic rings. The predicted octanol–water partition coefficient (Wildman–Crippen LogP) is 5.32. The number of fused-ring (bicyclic) bond motifs is 9. The predicted molar refractivity (Wildman–Crippen MR) is 106 cm³/mol. The van der Waals surface area contributed by atoms with Crippen LogP contribution in [-0.4, -0.2) is 19.9 Å². The minimum atomic E-state index is 0. The van der Waals surface area contributed by atoms with Gasteiger partial charge in [0.25, 0.3) is 0 Å². The molecular weight excluding hydrogens is 332 g/mol. The van der Waals surface area contributed by atoms with Gasteiger partial charge in [0.15, 0.2) is 0 Å². The third-order valence-corrected chi connectivity index (χ3v) is 4.82. The molecular formula is C20H13ClN4. The van der Waals surface area contributed by atoms with E-state index in [9.17, 15) is 0 Å².